The number of anilines is 1. The zero-order valence-corrected chi connectivity index (χ0v) is 13.0. The summed E-state index contributed by atoms with van der Waals surface area (Å²) in [6.07, 6.45) is 3.78. The molecule has 0 saturated heterocycles. The van der Waals surface area contributed by atoms with Gasteiger partial charge in [-0.2, -0.15) is 0 Å². The van der Waals surface area contributed by atoms with Gasteiger partial charge < -0.3 is 10.2 Å². The summed E-state index contributed by atoms with van der Waals surface area (Å²) < 4.78 is 0. The first-order valence-corrected chi connectivity index (χ1v) is 7.55. The van der Waals surface area contributed by atoms with E-state index in [2.05, 4.69) is 19.2 Å². The number of nitrogens with zero attached hydrogens (tertiary/aromatic N) is 1. The van der Waals surface area contributed by atoms with E-state index in [-0.39, 0.29) is 5.91 Å². The van der Waals surface area contributed by atoms with Gasteiger partial charge in [0.15, 0.2) is 0 Å². The Bertz CT molecular complexity index is 453. The van der Waals surface area contributed by atoms with E-state index in [1.165, 1.54) is 19.3 Å². The molecule has 0 radical (unpaired) electrons. The standard InChI is InChI=1S/C17H26N2O/c1-12-5-8-16(11-13(12)2)18-15-9-6-14(7-10-15)17(20)19(3)4/h6-7,9-10,12-13,16,18H,5,8,11H2,1-4H3. The quantitative estimate of drug-likeness (QED) is 0.913. The van der Waals surface area contributed by atoms with Crippen molar-refractivity contribution in [3.63, 3.8) is 0 Å². The third-order valence-electron chi connectivity index (χ3n) is 4.51. The number of carbonyl (C=O) groups excluding carboxylic acids is 1. The van der Waals surface area contributed by atoms with Crippen LogP contribution in [0, 0.1) is 11.8 Å². The van der Waals surface area contributed by atoms with Gasteiger partial charge in [-0.1, -0.05) is 13.8 Å². The Morgan fingerprint density at radius 3 is 2.30 bits per heavy atom. The fourth-order valence-electron chi connectivity index (χ4n) is 2.88. The molecule has 2 rings (SSSR count). The number of nitrogens with one attached hydrogen (secondary N) is 1. The smallest absolute Gasteiger partial charge is 0.253 e. The monoisotopic (exact) mass is 274 g/mol. The van der Waals surface area contributed by atoms with Crippen molar-refractivity contribution in [2.75, 3.05) is 19.4 Å². The summed E-state index contributed by atoms with van der Waals surface area (Å²) in [5, 5.41) is 3.60. The number of amides is 1. The van der Waals surface area contributed by atoms with E-state index < -0.39 is 0 Å². The number of hydrogen-bond acceptors (Lipinski definition) is 2. The molecule has 3 atom stereocenters. The molecule has 1 fully saturated rings. The molecule has 1 aromatic carbocycles. The van der Waals surface area contributed by atoms with Crippen LogP contribution in [0.2, 0.25) is 0 Å². The molecule has 1 N–H and O–H groups in total. The van der Waals surface area contributed by atoms with Crippen molar-refractivity contribution in [3.05, 3.63) is 29.8 Å². The summed E-state index contributed by atoms with van der Waals surface area (Å²) in [5.41, 5.74) is 1.86. The average molecular weight is 274 g/mol. The Hall–Kier alpha value is -1.51. The second kappa shape index (κ2) is 6.29. The summed E-state index contributed by atoms with van der Waals surface area (Å²) in [5.74, 6) is 1.68. The second-order valence-electron chi connectivity index (χ2n) is 6.39. The first-order chi connectivity index (χ1) is 9.47. The van der Waals surface area contributed by atoms with E-state index in [0.717, 1.165) is 23.1 Å². The molecule has 1 aromatic rings. The zero-order chi connectivity index (χ0) is 14.7. The van der Waals surface area contributed by atoms with Crippen molar-refractivity contribution in [1.29, 1.82) is 0 Å². The summed E-state index contributed by atoms with van der Waals surface area (Å²) >= 11 is 0. The van der Waals surface area contributed by atoms with E-state index in [4.69, 9.17) is 0 Å². The SMILES string of the molecule is CC1CCC(Nc2ccc(C(=O)N(C)C)cc2)CC1C. The van der Waals surface area contributed by atoms with Crippen LogP contribution in [0.4, 0.5) is 5.69 Å². The van der Waals surface area contributed by atoms with Gasteiger partial charge in [-0.25, -0.2) is 0 Å². The lowest BCUT2D eigenvalue weighted by Gasteiger charge is -2.33. The number of hydrogen-bond donors (Lipinski definition) is 1. The molecule has 1 aliphatic rings. The Morgan fingerprint density at radius 2 is 1.75 bits per heavy atom. The Kier molecular flexibility index (Phi) is 4.69. The Morgan fingerprint density at radius 1 is 1.10 bits per heavy atom. The van der Waals surface area contributed by atoms with Crippen LogP contribution in [0.15, 0.2) is 24.3 Å². The molecule has 1 saturated carbocycles. The fraction of sp³-hybridized carbons (Fsp3) is 0.588. The average Bonchev–Trinajstić information content (AvgIpc) is 2.43. The fourth-order valence-corrected chi connectivity index (χ4v) is 2.88. The third-order valence-corrected chi connectivity index (χ3v) is 4.51. The highest BCUT2D eigenvalue weighted by Gasteiger charge is 2.24. The summed E-state index contributed by atoms with van der Waals surface area (Å²) in [6.45, 7) is 4.69. The molecule has 110 valence electrons. The van der Waals surface area contributed by atoms with E-state index in [9.17, 15) is 4.79 Å². The van der Waals surface area contributed by atoms with Gasteiger partial charge in [0.2, 0.25) is 0 Å². The van der Waals surface area contributed by atoms with Crippen molar-refractivity contribution in [3.8, 4) is 0 Å². The predicted molar refractivity (Wildman–Crippen MR) is 84.0 cm³/mol. The third kappa shape index (κ3) is 3.53. The molecular formula is C17H26N2O. The maximum Gasteiger partial charge on any atom is 0.253 e. The normalized spacial score (nSPS) is 26.1. The molecule has 3 unspecified atom stereocenters. The number of rotatable bonds is 3. The van der Waals surface area contributed by atoms with Crippen molar-refractivity contribution in [2.24, 2.45) is 11.8 Å². The number of carbonyl (C=O) groups is 1. The van der Waals surface area contributed by atoms with Crippen LogP contribution in [0.1, 0.15) is 43.5 Å². The van der Waals surface area contributed by atoms with Gasteiger partial charge in [0.25, 0.3) is 5.91 Å². The molecular weight excluding hydrogens is 248 g/mol. The van der Waals surface area contributed by atoms with Crippen LogP contribution in [-0.4, -0.2) is 30.9 Å². The van der Waals surface area contributed by atoms with Crippen molar-refractivity contribution in [1.82, 2.24) is 4.90 Å². The van der Waals surface area contributed by atoms with E-state index in [1.807, 2.05) is 24.3 Å². The van der Waals surface area contributed by atoms with Crippen LogP contribution in [-0.2, 0) is 0 Å². The van der Waals surface area contributed by atoms with Gasteiger partial charge in [-0.05, 0) is 55.4 Å². The van der Waals surface area contributed by atoms with Crippen molar-refractivity contribution >= 4 is 11.6 Å². The van der Waals surface area contributed by atoms with E-state index in [1.54, 1.807) is 19.0 Å². The van der Waals surface area contributed by atoms with Crippen LogP contribution >= 0.6 is 0 Å². The van der Waals surface area contributed by atoms with Crippen LogP contribution in [0.5, 0.6) is 0 Å². The molecule has 20 heavy (non-hydrogen) atoms. The van der Waals surface area contributed by atoms with Crippen LogP contribution < -0.4 is 5.32 Å². The summed E-state index contributed by atoms with van der Waals surface area (Å²) in [6, 6.07) is 8.40. The lowest BCUT2D eigenvalue weighted by Crippen LogP contribution is -2.30. The van der Waals surface area contributed by atoms with Gasteiger partial charge in [0, 0.05) is 31.4 Å². The van der Waals surface area contributed by atoms with E-state index >= 15 is 0 Å². The lowest BCUT2D eigenvalue weighted by molar-refractivity contribution is 0.0827. The highest BCUT2D eigenvalue weighted by atomic mass is 16.2. The first-order valence-electron chi connectivity index (χ1n) is 7.55. The topological polar surface area (TPSA) is 32.3 Å². The molecule has 1 aliphatic carbocycles. The molecule has 0 heterocycles. The Balaban J connectivity index is 1.96. The van der Waals surface area contributed by atoms with Crippen LogP contribution in [0.25, 0.3) is 0 Å². The maximum atomic E-state index is 11.8. The lowest BCUT2D eigenvalue weighted by atomic mass is 9.79. The van der Waals surface area contributed by atoms with Crippen molar-refractivity contribution < 1.29 is 4.79 Å². The molecule has 3 nitrogen and oxygen atoms in total. The zero-order valence-electron chi connectivity index (χ0n) is 13.0. The molecule has 0 aliphatic heterocycles. The largest absolute Gasteiger partial charge is 0.382 e. The molecule has 0 bridgehead atoms. The molecule has 3 heteroatoms. The summed E-state index contributed by atoms with van der Waals surface area (Å²) in [4.78, 5) is 13.4. The number of benzene rings is 1. The van der Waals surface area contributed by atoms with Gasteiger partial charge in [0.1, 0.15) is 0 Å². The first kappa shape index (κ1) is 14.9. The maximum absolute atomic E-state index is 11.8. The van der Waals surface area contributed by atoms with Gasteiger partial charge in [-0.3, -0.25) is 4.79 Å². The van der Waals surface area contributed by atoms with Gasteiger partial charge in [-0.15, -0.1) is 0 Å². The van der Waals surface area contributed by atoms with E-state index in [0.29, 0.717) is 6.04 Å². The minimum atomic E-state index is 0.0525. The molecule has 0 aromatic heterocycles. The van der Waals surface area contributed by atoms with Crippen LogP contribution in [0.3, 0.4) is 0 Å². The minimum absolute atomic E-state index is 0.0525. The Labute approximate surface area is 122 Å². The second-order valence-corrected chi connectivity index (χ2v) is 6.39. The molecule has 1 amide bonds. The van der Waals surface area contributed by atoms with Crippen molar-refractivity contribution in [2.45, 2.75) is 39.2 Å². The molecule has 0 spiro atoms. The highest BCUT2D eigenvalue weighted by Crippen LogP contribution is 2.31. The van der Waals surface area contributed by atoms with Gasteiger partial charge >= 0.3 is 0 Å². The summed E-state index contributed by atoms with van der Waals surface area (Å²) in [7, 11) is 3.55. The minimum Gasteiger partial charge on any atom is -0.382 e. The highest BCUT2D eigenvalue weighted by molar-refractivity contribution is 5.94. The van der Waals surface area contributed by atoms with Gasteiger partial charge in [0.05, 0.1) is 0 Å². The predicted octanol–water partition coefficient (Wildman–Crippen LogP) is 3.63.